The molecular formula is C18H21N4O4S2-. The van der Waals surface area contributed by atoms with Gasteiger partial charge in [-0.1, -0.05) is 58.6 Å². The Kier molecular flexibility index (Phi) is 8.69. The quantitative estimate of drug-likeness (QED) is 0.134. The number of likely N-dealkylation sites (tertiary alicyclic amines) is 1. The van der Waals surface area contributed by atoms with Gasteiger partial charge in [-0.2, -0.15) is 0 Å². The third-order valence-corrected chi connectivity index (χ3v) is 7.29. The van der Waals surface area contributed by atoms with Gasteiger partial charge in [0.15, 0.2) is 0 Å². The molecule has 10 heteroatoms. The van der Waals surface area contributed by atoms with Gasteiger partial charge in [0.1, 0.15) is 0 Å². The molecule has 8 nitrogen and oxygen atoms in total. The highest BCUT2D eigenvalue weighted by Crippen LogP contribution is 2.37. The summed E-state index contributed by atoms with van der Waals surface area (Å²) in [5.74, 6) is -2.22. The Morgan fingerprint density at radius 3 is 2.39 bits per heavy atom. The zero-order chi connectivity index (χ0) is 20.5. The number of carbonyl (C=O) groups excluding carboxylic acids is 3. The van der Waals surface area contributed by atoms with Crippen molar-refractivity contribution in [2.24, 2.45) is 5.11 Å². The molecule has 28 heavy (non-hydrogen) atoms. The normalized spacial score (nSPS) is 16.0. The van der Waals surface area contributed by atoms with E-state index in [1.54, 1.807) is 33.7 Å². The van der Waals surface area contributed by atoms with Crippen LogP contribution in [0.4, 0.5) is 5.69 Å². The number of aliphatic carboxylic acids is 1. The molecular weight excluding hydrogens is 400 g/mol. The lowest BCUT2D eigenvalue weighted by atomic mass is 10.1. The summed E-state index contributed by atoms with van der Waals surface area (Å²) >= 11 is 0. The maximum absolute atomic E-state index is 11.7. The van der Waals surface area contributed by atoms with Gasteiger partial charge in [0, 0.05) is 33.6 Å². The minimum atomic E-state index is -1.37. The summed E-state index contributed by atoms with van der Waals surface area (Å²) in [4.78, 5) is 39.5. The van der Waals surface area contributed by atoms with E-state index in [0.29, 0.717) is 17.4 Å². The van der Waals surface area contributed by atoms with Crippen LogP contribution in [0.5, 0.6) is 0 Å². The molecule has 0 radical (unpaired) electrons. The third-order valence-electron chi connectivity index (χ3n) is 4.32. The van der Waals surface area contributed by atoms with Crippen molar-refractivity contribution in [2.75, 3.05) is 0 Å². The zero-order valence-electron chi connectivity index (χ0n) is 15.4. The van der Waals surface area contributed by atoms with E-state index in [-0.39, 0.29) is 19.3 Å². The summed E-state index contributed by atoms with van der Waals surface area (Å²) in [5, 5.41) is 15.2. The Bertz CT molecular complexity index is 749. The summed E-state index contributed by atoms with van der Waals surface area (Å²) in [5.41, 5.74) is 8.97. The van der Waals surface area contributed by atoms with Crippen LogP contribution in [0.1, 0.15) is 45.4 Å². The minimum Gasteiger partial charge on any atom is -0.548 e. The van der Waals surface area contributed by atoms with Crippen molar-refractivity contribution in [1.82, 2.24) is 4.90 Å². The average molecular weight is 422 g/mol. The number of nitrogens with zero attached hydrogens (tertiary/aromatic N) is 4. The lowest BCUT2D eigenvalue weighted by Gasteiger charge is -2.27. The van der Waals surface area contributed by atoms with Crippen LogP contribution in [0.2, 0.25) is 0 Å². The van der Waals surface area contributed by atoms with Crippen LogP contribution in [-0.2, 0) is 14.4 Å². The molecule has 2 unspecified atom stereocenters. The second-order valence-electron chi connectivity index (χ2n) is 6.45. The monoisotopic (exact) mass is 421 g/mol. The SMILES string of the molecule is CC(CCCCC(C(=O)[O-])N1C(=O)CCC1=O)SSc1ccc(N=[N+]=[N-])cc1. The van der Waals surface area contributed by atoms with Crippen LogP contribution in [-0.4, -0.2) is 34.0 Å². The molecule has 1 aromatic carbocycles. The van der Waals surface area contributed by atoms with Crippen molar-refractivity contribution < 1.29 is 19.5 Å². The van der Waals surface area contributed by atoms with Crippen molar-refractivity contribution in [3.63, 3.8) is 0 Å². The van der Waals surface area contributed by atoms with Crippen molar-refractivity contribution in [1.29, 1.82) is 0 Å². The number of carbonyl (C=O) groups is 3. The number of rotatable bonds is 11. The van der Waals surface area contributed by atoms with Gasteiger partial charge in [0.25, 0.3) is 0 Å². The van der Waals surface area contributed by atoms with Crippen molar-refractivity contribution in [2.45, 2.75) is 61.6 Å². The second-order valence-corrected chi connectivity index (χ2v) is 9.16. The smallest absolute Gasteiger partial charge is 0.230 e. The molecule has 1 saturated heterocycles. The van der Waals surface area contributed by atoms with E-state index in [4.69, 9.17) is 5.53 Å². The summed E-state index contributed by atoms with van der Waals surface area (Å²) in [7, 11) is 3.33. The van der Waals surface area contributed by atoms with Gasteiger partial charge in [0.05, 0.1) is 12.0 Å². The number of unbranched alkanes of at least 4 members (excludes halogenated alkanes) is 1. The molecule has 1 heterocycles. The van der Waals surface area contributed by atoms with E-state index in [1.807, 2.05) is 12.1 Å². The fourth-order valence-corrected chi connectivity index (χ4v) is 5.10. The fourth-order valence-electron chi connectivity index (χ4n) is 2.87. The molecule has 1 aliphatic rings. The van der Waals surface area contributed by atoms with Gasteiger partial charge in [-0.05, 0) is 30.5 Å². The standard InChI is InChI=1S/C18H22N4O4S2/c1-12(27-28-14-8-6-13(7-9-14)20-21-19)4-2-3-5-15(18(25)26)22-16(23)10-11-17(22)24/h6-9,12,15H,2-5,10-11H2,1H3,(H,25,26)/p-1. The summed E-state index contributed by atoms with van der Waals surface area (Å²) in [6.07, 6.45) is 2.67. The largest absolute Gasteiger partial charge is 0.548 e. The van der Waals surface area contributed by atoms with E-state index in [0.717, 1.165) is 22.6 Å². The first-order valence-corrected chi connectivity index (χ1v) is 11.2. The molecule has 2 atom stereocenters. The predicted molar refractivity (Wildman–Crippen MR) is 107 cm³/mol. The van der Waals surface area contributed by atoms with Crippen LogP contribution >= 0.6 is 21.6 Å². The van der Waals surface area contributed by atoms with Gasteiger partial charge < -0.3 is 9.90 Å². The first-order valence-electron chi connectivity index (χ1n) is 8.96. The second kappa shape index (κ2) is 11.0. The van der Waals surface area contributed by atoms with Gasteiger partial charge in [0.2, 0.25) is 11.8 Å². The van der Waals surface area contributed by atoms with E-state index in [2.05, 4.69) is 16.9 Å². The minimum absolute atomic E-state index is 0.0807. The summed E-state index contributed by atoms with van der Waals surface area (Å²) < 4.78 is 0. The molecule has 0 N–H and O–H groups in total. The number of benzene rings is 1. The number of carboxylic acids is 1. The first kappa shape index (κ1) is 22.1. The van der Waals surface area contributed by atoms with Crippen molar-refractivity contribution in [3.05, 3.63) is 34.7 Å². The van der Waals surface area contributed by atoms with Crippen LogP contribution in [0.3, 0.4) is 0 Å². The number of imide groups is 1. The topological polar surface area (TPSA) is 126 Å². The van der Waals surface area contributed by atoms with Crippen LogP contribution in [0, 0.1) is 0 Å². The molecule has 0 bridgehead atoms. The molecule has 1 aromatic rings. The highest BCUT2D eigenvalue weighted by Gasteiger charge is 2.35. The zero-order valence-corrected chi connectivity index (χ0v) is 17.1. The molecule has 0 saturated carbocycles. The van der Waals surface area contributed by atoms with Gasteiger partial charge in [-0.15, -0.1) is 0 Å². The van der Waals surface area contributed by atoms with E-state index < -0.39 is 23.8 Å². The Labute approximate surface area is 171 Å². The van der Waals surface area contributed by atoms with Gasteiger partial charge in [-0.25, -0.2) is 0 Å². The summed E-state index contributed by atoms with van der Waals surface area (Å²) in [6, 6.07) is 6.14. The summed E-state index contributed by atoms with van der Waals surface area (Å²) in [6.45, 7) is 2.09. The van der Waals surface area contributed by atoms with Crippen LogP contribution in [0.15, 0.2) is 34.3 Å². The van der Waals surface area contributed by atoms with Crippen LogP contribution in [0.25, 0.3) is 10.4 Å². The van der Waals surface area contributed by atoms with E-state index in [1.165, 1.54) is 0 Å². The Hall–Kier alpha value is -2.16. The van der Waals surface area contributed by atoms with E-state index in [9.17, 15) is 19.5 Å². The fraction of sp³-hybridized carbons (Fsp3) is 0.500. The highest BCUT2D eigenvalue weighted by molar-refractivity contribution is 8.76. The van der Waals surface area contributed by atoms with Gasteiger partial charge in [-0.3, -0.25) is 14.5 Å². The lowest BCUT2D eigenvalue weighted by molar-refractivity contribution is -0.311. The molecule has 1 fully saturated rings. The Balaban J connectivity index is 1.71. The Morgan fingerprint density at radius 2 is 1.82 bits per heavy atom. The Morgan fingerprint density at radius 1 is 1.21 bits per heavy atom. The third kappa shape index (κ3) is 6.47. The number of hydrogen-bond donors (Lipinski definition) is 0. The number of carboxylic acid groups (broad SMARTS) is 1. The molecule has 150 valence electrons. The van der Waals surface area contributed by atoms with Crippen LogP contribution < -0.4 is 5.11 Å². The highest BCUT2D eigenvalue weighted by atomic mass is 33.1. The average Bonchev–Trinajstić information content (AvgIpc) is 2.99. The molecule has 2 rings (SSSR count). The van der Waals surface area contributed by atoms with E-state index >= 15 is 0 Å². The maximum Gasteiger partial charge on any atom is 0.230 e. The predicted octanol–water partition coefficient (Wildman–Crippen LogP) is 3.59. The molecule has 0 aliphatic carbocycles. The number of azide groups is 1. The molecule has 0 spiro atoms. The number of amides is 2. The van der Waals surface area contributed by atoms with Crippen molar-refractivity contribution >= 4 is 45.1 Å². The number of hydrogen-bond acceptors (Lipinski definition) is 7. The molecule has 1 aliphatic heterocycles. The molecule has 2 amide bonds. The lowest BCUT2D eigenvalue weighted by Crippen LogP contribution is -2.50. The molecule has 0 aromatic heterocycles. The van der Waals surface area contributed by atoms with Crippen molar-refractivity contribution in [3.8, 4) is 0 Å². The first-order chi connectivity index (χ1) is 13.4. The van der Waals surface area contributed by atoms with Gasteiger partial charge >= 0.3 is 0 Å². The maximum atomic E-state index is 11.7.